The molecule has 1 aromatic heterocycles. The minimum atomic E-state index is -0.957. The van der Waals surface area contributed by atoms with Crippen LogP contribution in [0.4, 0.5) is 4.79 Å². The van der Waals surface area contributed by atoms with Gasteiger partial charge in [-0.3, -0.25) is 0 Å². The van der Waals surface area contributed by atoms with Gasteiger partial charge in [0.15, 0.2) is 0 Å². The lowest BCUT2D eigenvalue weighted by Crippen LogP contribution is -1.98. The summed E-state index contributed by atoms with van der Waals surface area (Å²) in [6.45, 7) is 0. The Hall–Kier alpha value is -0.870. The van der Waals surface area contributed by atoms with Crippen LogP contribution in [0.5, 0.6) is 5.88 Å². The zero-order valence-corrected chi connectivity index (χ0v) is 6.63. The van der Waals surface area contributed by atoms with Crippen LogP contribution in [-0.4, -0.2) is 15.4 Å². The first-order valence-electron chi connectivity index (χ1n) is 2.53. The zero-order chi connectivity index (χ0) is 8.27. The van der Waals surface area contributed by atoms with Crippen molar-refractivity contribution in [1.29, 1.82) is 0 Å². The second-order valence-corrected chi connectivity index (χ2v) is 2.21. The molecule has 0 spiro atoms. The first kappa shape index (κ1) is 8.23. The smallest absolute Gasteiger partial charge is 0.394 e. The maximum absolute atomic E-state index is 10.1. The van der Waals surface area contributed by atoms with Crippen LogP contribution in [0.25, 0.3) is 0 Å². The lowest BCUT2D eigenvalue weighted by atomic mass is 10.7. The van der Waals surface area contributed by atoms with Crippen molar-refractivity contribution < 1.29 is 9.53 Å². The fourth-order valence-electron chi connectivity index (χ4n) is 0.435. The Morgan fingerprint density at radius 1 is 1.45 bits per heavy atom. The van der Waals surface area contributed by atoms with Gasteiger partial charge in [0.1, 0.15) is 5.15 Å². The minimum absolute atomic E-state index is 0.0226. The predicted molar refractivity (Wildman–Crippen MR) is 38.9 cm³/mol. The molecule has 58 valence electrons. The average molecular weight is 193 g/mol. The molecule has 0 saturated heterocycles. The second kappa shape index (κ2) is 3.50. The van der Waals surface area contributed by atoms with Gasteiger partial charge < -0.3 is 4.74 Å². The molecule has 1 aromatic rings. The molecule has 0 aliphatic carbocycles. The molecule has 0 aliphatic heterocycles. The summed E-state index contributed by atoms with van der Waals surface area (Å²) in [6.07, 6.45) is 2.44. The number of nitrogens with zero attached hydrogens (tertiary/aromatic N) is 2. The molecule has 0 fully saturated rings. The van der Waals surface area contributed by atoms with Crippen molar-refractivity contribution in [1.82, 2.24) is 9.97 Å². The topological polar surface area (TPSA) is 52.1 Å². The van der Waals surface area contributed by atoms with Crippen molar-refractivity contribution in [3.63, 3.8) is 0 Å². The standard InChI is InChI=1S/C5H2Cl2N2O2/c6-3-1-9-4(2-8-3)11-5(7)10/h1-2H. The fraction of sp³-hybridized carbons (Fsp3) is 0. The number of hydrogen-bond donors (Lipinski definition) is 0. The van der Waals surface area contributed by atoms with Gasteiger partial charge in [-0.25, -0.2) is 14.8 Å². The Kier molecular flexibility index (Phi) is 2.62. The number of aromatic nitrogens is 2. The summed E-state index contributed by atoms with van der Waals surface area (Å²) in [5.74, 6) is 0.0226. The summed E-state index contributed by atoms with van der Waals surface area (Å²) in [4.78, 5) is 17.3. The van der Waals surface area contributed by atoms with Crippen molar-refractivity contribution in [3.8, 4) is 5.88 Å². The van der Waals surface area contributed by atoms with Gasteiger partial charge in [-0.1, -0.05) is 11.6 Å². The lowest BCUT2D eigenvalue weighted by molar-refractivity contribution is 0.223. The van der Waals surface area contributed by atoms with Gasteiger partial charge in [0.2, 0.25) is 5.88 Å². The highest BCUT2D eigenvalue weighted by Gasteiger charge is 2.00. The quantitative estimate of drug-likeness (QED) is 0.638. The Bertz CT molecular complexity index is 262. The van der Waals surface area contributed by atoms with Crippen molar-refractivity contribution in [2.24, 2.45) is 0 Å². The summed E-state index contributed by atoms with van der Waals surface area (Å²) in [5.41, 5.74) is -0.957. The maximum Gasteiger partial charge on any atom is 0.410 e. The molecular formula is C5H2Cl2N2O2. The lowest BCUT2D eigenvalue weighted by Gasteiger charge is -1.95. The molecule has 0 atom stereocenters. The largest absolute Gasteiger partial charge is 0.410 e. The average Bonchev–Trinajstić information content (AvgIpc) is 1.93. The van der Waals surface area contributed by atoms with E-state index in [0.717, 1.165) is 0 Å². The first-order chi connectivity index (χ1) is 5.18. The summed E-state index contributed by atoms with van der Waals surface area (Å²) in [6, 6.07) is 0. The third-order valence-electron chi connectivity index (χ3n) is 0.781. The summed E-state index contributed by atoms with van der Waals surface area (Å²) >= 11 is 10.3. The van der Waals surface area contributed by atoms with E-state index in [2.05, 4.69) is 14.7 Å². The van der Waals surface area contributed by atoms with Crippen LogP contribution in [0.15, 0.2) is 12.4 Å². The fourth-order valence-corrected chi connectivity index (χ4v) is 0.612. The molecule has 0 aromatic carbocycles. The summed E-state index contributed by atoms with van der Waals surface area (Å²) < 4.78 is 4.36. The molecule has 0 unspecified atom stereocenters. The molecule has 1 rings (SSSR count). The summed E-state index contributed by atoms with van der Waals surface area (Å²) in [5, 5.41) is 0.222. The van der Waals surface area contributed by atoms with Gasteiger partial charge in [-0.05, 0) is 0 Å². The highest BCUT2D eigenvalue weighted by Crippen LogP contribution is 2.08. The molecule has 0 aliphatic rings. The highest BCUT2D eigenvalue weighted by molar-refractivity contribution is 6.61. The minimum Gasteiger partial charge on any atom is -0.394 e. The van der Waals surface area contributed by atoms with Gasteiger partial charge >= 0.3 is 5.43 Å². The first-order valence-corrected chi connectivity index (χ1v) is 3.29. The van der Waals surface area contributed by atoms with Crippen LogP contribution in [0, 0.1) is 0 Å². The van der Waals surface area contributed by atoms with Crippen molar-refractivity contribution >= 4 is 28.6 Å². The van der Waals surface area contributed by atoms with Gasteiger partial charge in [0.05, 0.1) is 12.4 Å². The Balaban J connectivity index is 2.74. The van der Waals surface area contributed by atoms with Crippen LogP contribution in [0.2, 0.25) is 5.15 Å². The van der Waals surface area contributed by atoms with Gasteiger partial charge in [0, 0.05) is 11.6 Å². The molecular weight excluding hydrogens is 191 g/mol. The van der Waals surface area contributed by atoms with Crippen LogP contribution >= 0.6 is 23.2 Å². The molecule has 0 N–H and O–H groups in total. The summed E-state index contributed by atoms with van der Waals surface area (Å²) in [7, 11) is 0. The van der Waals surface area contributed by atoms with E-state index in [1.54, 1.807) is 0 Å². The highest BCUT2D eigenvalue weighted by atomic mass is 35.5. The van der Waals surface area contributed by atoms with E-state index in [9.17, 15) is 4.79 Å². The molecule has 4 nitrogen and oxygen atoms in total. The van der Waals surface area contributed by atoms with E-state index < -0.39 is 5.43 Å². The van der Waals surface area contributed by atoms with E-state index in [1.165, 1.54) is 12.4 Å². The van der Waals surface area contributed by atoms with Crippen LogP contribution in [0.1, 0.15) is 0 Å². The van der Waals surface area contributed by atoms with Crippen molar-refractivity contribution in [3.05, 3.63) is 17.5 Å². The van der Waals surface area contributed by atoms with Gasteiger partial charge in [-0.2, -0.15) is 0 Å². The normalized spacial score (nSPS) is 9.27. The SMILES string of the molecule is O=C(Cl)Oc1cnc(Cl)cn1. The van der Waals surface area contributed by atoms with E-state index >= 15 is 0 Å². The molecule has 0 bridgehead atoms. The molecule has 0 radical (unpaired) electrons. The number of halogens is 2. The molecule has 1 heterocycles. The number of ether oxygens (including phenoxy) is 1. The second-order valence-electron chi connectivity index (χ2n) is 1.52. The van der Waals surface area contributed by atoms with Gasteiger partial charge in [0.25, 0.3) is 0 Å². The third kappa shape index (κ3) is 2.69. The number of rotatable bonds is 1. The Morgan fingerprint density at radius 3 is 2.64 bits per heavy atom. The molecule has 6 heteroatoms. The Labute approximate surface area is 72.1 Å². The van der Waals surface area contributed by atoms with Crippen LogP contribution in [0.3, 0.4) is 0 Å². The van der Waals surface area contributed by atoms with Crippen LogP contribution in [-0.2, 0) is 0 Å². The molecule has 0 saturated carbocycles. The zero-order valence-electron chi connectivity index (χ0n) is 5.12. The number of hydrogen-bond acceptors (Lipinski definition) is 4. The monoisotopic (exact) mass is 192 g/mol. The van der Waals surface area contributed by atoms with Crippen LogP contribution < -0.4 is 4.74 Å². The number of carbonyl (C=O) groups is 1. The maximum atomic E-state index is 10.1. The van der Waals surface area contributed by atoms with E-state index in [4.69, 9.17) is 23.2 Å². The van der Waals surface area contributed by atoms with Crippen molar-refractivity contribution in [2.75, 3.05) is 0 Å². The van der Waals surface area contributed by atoms with Gasteiger partial charge in [-0.15, -0.1) is 0 Å². The predicted octanol–water partition coefficient (Wildman–Crippen LogP) is 1.87. The van der Waals surface area contributed by atoms with E-state index in [0.29, 0.717) is 0 Å². The Morgan fingerprint density at radius 2 is 2.18 bits per heavy atom. The van der Waals surface area contributed by atoms with E-state index in [-0.39, 0.29) is 11.0 Å². The third-order valence-corrected chi connectivity index (χ3v) is 1.05. The van der Waals surface area contributed by atoms with Crippen molar-refractivity contribution in [2.45, 2.75) is 0 Å². The number of carbonyl (C=O) groups excluding carboxylic acids is 1. The molecule has 0 amide bonds. The van der Waals surface area contributed by atoms with E-state index in [1.807, 2.05) is 0 Å². The molecule has 11 heavy (non-hydrogen) atoms.